The van der Waals surface area contributed by atoms with Gasteiger partial charge in [-0.3, -0.25) is 4.68 Å². The van der Waals surface area contributed by atoms with Gasteiger partial charge in [-0.25, -0.2) is 0 Å². The van der Waals surface area contributed by atoms with Gasteiger partial charge in [-0.05, 0) is 19.9 Å². The molecule has 3 nitrogen and oxygen atoms in total. The molecular weight excluding hydrogens is 222 g/mol. The van der Waals surface area contributed by atoms with Crippen LogP contribution in [-0.4, -0.2) is 16.8 Å². The highest BCUT2D eigenvalue weighted by Crippen LogP contribution is 2.19. The van der Waals surface area contributed by atoms with Crippen LogP contribution in [0.1, 0.15) is 70.4 Å². The molecule has 0 fully saturated rings. The van der Waals surface area contributed by atoms with Gasteiger partial charge in [0, 0.05) is 24.3 Å². The van der Waals surface area contributed by atoms with E-state index in [-0.39, 0.29) is 0 Å². The van der Waals surface area contributed by atoms with Gasteiger partial charge < -0.3 is 5.32 Å². The zero-order valence-electron chi connectivity index (χ0n) is 12.3. The van der Waals surface area contributed by atoms with Gasteiger partial charge in [0.15, 0.2) is 0 Å². The number of aryl methyl sites for hydroxylation is 1. The van der Waals surface area contributed by atoms with Crippen LogP contribution in [0.5, 0.6) is 0 Å². The number of unbranched alkanes of at least 4 members (excludes halogenated alkanes) is 4. The van der Waals surface area contributed by atoms with Gasteiger partial charge in [0.1, 0.15) is 0 Å². The zero-order valence-corrected chi connectivity index (χ0v) is 12.3. The molecule has 1 unspecified atom stereocenters. The first-order valence-electron chi connectivity index (χ1n) is 7.51. The van der Waals surface area contributed by atoms with Crippen LogP contribution >= 0.6 is 0 Å². The van der Waals surface area contributed by atoms with Gasteiger partial charge in [-0.15, -0.1) is 0 Å². The summed E-state index contributed by atoms with van der Waals surface area (Å²) in [6, 6.07) is 0.470. The maximum atomic E-state index is 4.41. The lowest BCUT2D eigenvalue weighted by molar-refractivity contribution is 0.500. The Hall–Kier alpha value is -0.830. The van der Waals surface area contributed by atoms with Crippen LogP contribution in [0, 0.1) is 0 Å². The third-order valence-corrected chi connectivity index (χ3v) is 3.45. The molecule has 18 heavy (non-hydrogen) atoms. The van der Waals surface area contributed by atoms with E-state index in [1.165, 1.54) is 44.1 Å². The van der Waals surface area contributed by atoms with Crippen molar-refractivity contribution in [2.45, 2.75) is 71.4 Å². The Morgan fingerprint density at radius 3 is 2.61 bits per heavy atom. The number of nitrogens with zero attached hydrogens (tertiary/aromatic N) is 2. The molecule has 0 spiro atoms. The van der Waals surface area contributed by atoms with Crippen molar-refractivity contribution in [2.75, 3.05) is 7.05 Å². The summed E-state index contributed by atoms with van der Waals surface area (Å²) in [5.74, 6) is 0. The topological polar surface area (TPSA) is 29.9 Å². The summed E-state index contributed by atoms with van der Waals surface area (Å²) >= 11 is 0. The molecule has 0 aliphatic carbocycles. The van der Waals surface area contributed by atoms with Gasteiger partial charge in [0.25, 0.3) is 0 Å². The second-order valence-electron chi connectivity index (χ2n) is 5.08. The number of hydrogen-bond acceptors (Lipinski definition) is 2. The van der Waals surface area contributed by atoms with Crippen LogP contribution in [0.2, 0.25) is 0 Å². The van der Waals surface area contributed by atoms with Crippen LogP contribution in [0.15, 0.2) is 12.4 Å². The molecule has 104 valence electrons. The molecule has 1 aromatic heterocycles. The first-order chi connectivity index (χ1) is 8.81. The van der Waals surface area contributed by atoms with Crippen molar-refractivity contribution < 1.29 is 0 Å². The van der Waals surface area contributed by atoms with Crippen molar-refractivity contribution in [3.63, 3.8) is 0 Å². The summed E-state index contributed by atoms with van der Waals surface area (Å²) in [7, 11) is 2.05. The van der Waals surface area contributed by atoms with Crippen LogP contribution in [0.4, 0.5) is 0 Å². The van der Waals surface area contributed by atoms with Crippen molar-refractivity contribution in [3.8, 4) is 0 Å². The van der Waals surface area contributed by atoms with Crippen LogP contribution < -0.4 is 5.32 Å². The van der Waals surface area contributed by atoms with Crippen molar-refractivity contribution in [1.82, 2.24) is 15.1 Å². The Bertz CT molecular complexity index is 306. The van der Waals surface area contributed by atoms with Gasteiger partial charge >= 0.3 is 0 Å². The molecule has 0 aliphatic heterocycles. The van der Waals surface area contributed by atoms with Crippen LogP contribution in [0.3, 0.4) is 0 Å². The Morgan fingerprint density at radius 1 is 1.17 bits per heavy atom. The lowest BCUT2D eigenvalue weighted by Gasteiger charge is -2.14. The Labute approximate surface area is 112 Å². The van der Waals surface area contributed by atoms with Crippen LogP contribution in [0.25, 0.3) is 0 Å². The summed E-state index contributed by atoms with van der Waals surface area (Å²) in [5, 5.41) is 7.82. The second kappa shape index (κ2) is 9.15. The van der Waals surface area contributed by atoms with Crippen molar-refractivity contribution in [2.24, 2.45) is 0 Å². The highest BCUT2D eigenvalue weighted by atomic mass is 15.3. The molecule has 1 heterocycles. The maximum absolute atomic E-state index is 4.41. The number of nitrogens with one attached hydrogen (secondary N) is 1. The molecule has 1 atom stereocenters. The van der Waals surface area contributed by atoms with Crippen molar-refractivity contribution in [3.05, 3.63) is 18.0 Å². The summed E-state index contributed by atoms with van der Waals surface area (Å²) in [6.45, 7) is 5.47. The highest BCUT2D eigenvalue weighted by molar-refractivity contribution is 5.10. The number of hydrogen-bond donors (Lipinski definition) is 1. The predicted molar refractivity (Wildman–Crippen MR) is 77.7 cm³/mol. The van der Waals surface area contributed by atoms with Crippen LogP contribution in [-0.2, 0) is 6.54 Å². The van der Waals surface area contributed by atoms with E-state index in [1.807, 2.05) is 13.2 Å². The largest absolute Gasteiger partial charge is 0.313 e. The SMILES string of the molecule is CCCCCCCC(NC)c1cnn(CCC)c1. The lowest BCUT2D eigenvalue weighted by Crippen LogP contribution is -2.15. The molecule has 1 rings (SSSR count). The molecule has 0 saturated carbocycles. The summed E-state index contributed by atoms with van der Waals surface area (Å²) in [5.41, 5.74) is 1.33. The Morgan fingerprint density at radius 2 is 1.94 bits per heavy atom. The second-order valence-corrected chi connectivity index (χ2v) is 5.08. The Balaban J connectivity index is 2.34. The minimum Gasteiger partial charge on any atom is -0.313 e. The smallest absolute Gasteiger partial charge is 0.0537 e. The van der Waals surface area contributed by atoms with Crippen molar-refractivity contribution >= 4 is 0 Å². The molecule has 0 saturated heterocycles. The minimum atomic E-state index is 0.470. The molecule has 0 aliphatic rings. The van der Waals surface area contributed by atoms with E-state index in [2.05, 4.69) is 35.1 Å². The average Bonchev–Trinajstić information content (AvgIpc) is 2.83. The number of aromatic nitrogens is 2. The first-order valence-corrected chi connectivity index (χ1v) is 7.51. The van der Waals surface area contributed by atoms with Gasteiger partial charge in [-0.2, -0.15) is 5.10 Å². The molecule has 0 amide bonds. The van der Waals surface area contributed by atoms with E-state index >= 15 is 0 Å². The average molecular weight is 251 g/mol. The van der Waals surface area contributed by atoms with Gasteiger partial charge in [0.2, 0.25) is 0 Å². The highest BCUT2D eigenvalue weighted by Gasteiger charge is 2.10. The molecule has 0 radical (unpaired) electrons. The third-order valence-electron chi connectivity index (χ3n) is 3.45. The van der Waals surface area contributed by atoms with E-state index in [0.29, 0.717) is 6.04 Å². The summed E-state index contributed by atoms with van der Waals surface area (Å²) in [6.07, 6.45) is 13.3. The first kappa shape index (κ1) is 15.2. The lowest BCUT2D eigenvalue weighted by atomic mass is 10.0. The predicted octanol–water partition coefficient (Wildman–Crippen LogP) is 3.91. The van der Waals surface area contributed by atoms with Gasteiger partial charge in [-0.1, -0.05) is 46.0 Å². The van der Waals surface area contributed by atoms with E-state index in [4.69, 9.17) is 0 Å². The number of rotatable bonds is 10. The molecule has 1 N–H and O–H groups in total. The Kier molecular flexibility index (Phi) is 7.74. The van der Waals surface area contributed by atoms with E-state index in [9.17, 15) is 0 Å². The fraction of sp³-hybridized carbons (Fsp3) is 0.800. The monoisotopic (exact) mass is 251 g/mol. The third kappa shape index (κ3) is 5.21. The normalized spacial score (nSPS) is 12.8. The van der Waals surface area contributed by atoms with E-state index in [0.717, 1.165) is 13.0 Å². The summed E-state index contributed by atoms with van der Waals surface area (Å²) in [4.78, 5) is 0. The minimum absolute atomic E-state index is 0.470. The van der Waals surface area contributed by atoms with E-state index in [1.54, 1.807) is 0 Å². The fourth-order valence-corrected chi connectivity index (χ4v) is 2.34. The molecular formula is C15H29N3. The molecule has 0 aromatic carbocycles. The molecule has 3 heteroatoms. The quantitative estimate of drug-likeness (QED) is 0.639. The van der Waals surface area contributed by atoms with Crippen molar-refractivity contribution in [1.29, 1.82) is 0 Å². The molecule has 1 aromatic rings. The standard InChI is InChI=1S/C15H29N3/c1-4-6-7-8-9-10-15(16-3)14-12-17-18(13-14)11-5-2/h12-13,15-16H,4-11H2,1-3H3. The zero-order chi connectivity index (χ0) is 13.2. The fourth-order valence-electron chi connectivity index (χ4n) is 2.34. The molecule has 0 bridgehead atoms. The summed E-state index contributed by atoms with van der Waals surface area (Å²) < 4.78 is 2.05. The van der Waals surface area contributed by atoms with E-state index < -0.39 is 0 Å². The maximum Gasteiger partial charge on any atom is 0.0537 e. The van der Waals surface area contributed by atoms with Gasteiger partial charge in [0.05, 0.1) is 6.20 Å².